The fourth-order valence-electron chi connectivity index (χ4n) is 2.61. The molecule has 0 bridgehead atoms. The van der Waals surface area contributed by atoms with Gasteiger partial charge in [0.2, 0.25) is 5.88 Å². The minimum Gasteiger partial charge on any atom is -0.473 e. The highest BCUT2D eigenvalue weighted by Gasteiger charge is 2.20. The van der Waals surface area contributed by atoms with E-state index in [4.69, 9.17) is 14.3 Å². The lowest BCUT2D eigenvalue weighted by Crippen LogP contribution is -2.29. The summed E-state index contributed by atoms with van der Waals surface area (Å²) in [5.41, 5.74) is 1.91. The normalized spacial score (nSPS) is 11.6. The highest BCUT2D eigenvalue weighted by molar-refractivity contribution is 6.45. The van der Waals surface area contributed by atoms with E-state index in [2.05, 4.69) is 15.5 Å². The fraction of sp³-hybridized carbons (Fsp3) is 0.364. The highest BCUT2D eigenvalue weighted by Crippen LogP contribution is 2.20. The summed E-state index contributed by atoms with van der Waals surface area (Å²) in [6, 6.07) is 8.89. The number of hydrogen-bond acceptors (Lipinski definition) is 7. The fourth-order valence-corrected chi connectivity index (χ4v) is 2.61. The van der Waals surface area contributed by atoms with E-state index in [1.165, 1.54) is 20.4 Å². The molecule has 0 saturated heterocycles. The third-order valence-corrected chi connectivity index (χ3v) is 3.93. The predicted molar refractivity (Wildman–Crippen MR) is 113 cm³/mol. The van der Waals surface area contributed by atoms with Gasteiger partial charge in [0.15, 0.2) is 5.71 Å². The number of pyridine rings is 1. The molecule has 0 fully saturated rings. The van der Waals surface area contributed by atoms with Crippen molar-refractivity contribution in [2.75, 3.05) is 14.2 Å². The molecule has 0 atom stereocenters. The summed E-state index contributed by atoms with van der Waals surface area (Å²) in [6.45, 7) is 7.36. The van der Waals surface area contributed by atoms with Crippen LogP contribution in [-0.2, 0) is 21.0 Å². The second kappa shape index (κ2) is 9.87. The Morgan fingerprint density at radius 3 is 2.50 bits per heavy atom. The maximum atomic E-state index is 12.2. The van der Waals surface area contributed by atoms with Crippen molar-refractivity contribution in [3.8, 4) is 5.88 Å². The first-order valence-corrected chi connectivity index (χ1v) is 9.40. The van der Waals surface area contributed by atoms with Crippen LogP contribution in [0.1, 0.15) is 47.8 Å². The summed E-state index contributed by atoms with van der Waals surface area (Å²) in [7, 11) is 2.90. The van der Waals surface area contributed by atoms with E-state index in [-0.39, 0.29) is 18.2 Å². The number of nitrogens with zero attached hydrogens (tertiary/aromatic N) is 2. The number of nitrogens with one attached hydrogen (secondary N) is 1. The van der Waals surface area contributed by atoms with Crippen molar-refractivity contribution < 1.29 is 23.9 Å². The lowest BCUT2D eigenvalue weighted by Gasteiger charge is -2.19. The minimum absolute atomic E-state index is 0.143. The topological polar surface area (TPSA) is 99.1 Å². The highest BCUT2D eigenvalue weighted by atomic mass is 16.6. The van der Waals surface area contributed by atoms with Gasteiger partial charge in [0.05, 0.1) is 5.56 Å². The number of amides is 1. The monoisotopic (exact) mass is 413 g/mol. The summed E-state index contributed by atoms with van der Waals surface area (Å²) in [5.74, 6) is -0.441. The third kappa shape index (κ3) is 6.04. The van der Waals surface area contributed by atoms with Gasteiger partial charge in [-0.3, -0.25) is 4.79 Å². The number of carbonyl (C=O) groups is 2. The van der Waals surface area contributed by atoms with Crippen LogP contribution in [0.25, 0.3) is 0 Å². The number of hydrogen-bond donors (Lipinski definition) is 1. The molecule has 0 aliphatic heterocycles. The molecule has 30 heavy (non-hydrogen) atoms. The van der Waals surface area contributed by atoms with Crippen LogP contribution in [0.4, 0.5) is 0 Å². The number of benzene rings is 1. The van der Waals surface area contributed by atoms with Crippen molar-refractivity contribution in [3.05, 3.63) is 58.8 Å². The van der Waals surface area contributed by atoms with E-state index in [0.29, 0.717) is 22.6 Å². The number of aromatic nitrogens is 1. The van der Waals surface area contributed by atoms with E-state index < -0.39 is 11.6 Å². The molecule has 1 amide bonds. The van der Waals surface area contributed by atoms with Gasteiger partial charge in [-0.25, -0.2) is 9.78 Å². The molecular formula is C22H27N3O5. The molecule has 2 rings (SSSR count). The second-order valence-electron chi connectivity index (χ2n) is 7.50. The maximum Gasteiger partial charge on any atom is 0.340 e. The van der Waals surface area contributed by atoms with E-state index in [1.54, 1.807) is 45.9 Å². The number of oxime groups is 1. The first kappa shape index (κ1) is 22.9. The van der Waals surface area contributed by atoms with Gasteiger partial charge in [0.1, 0.15) is 19.3 Å². The number of carbonyl (C=O) groups excluding carboxylic acids is 2. The Kier molecular flexibility index (Phi) is 7.52. The Hall–Kier alpha value is -3.42. The molecule has 2 aromatic rings. The average Bonchev–Trinajstić information content (AvgIpc) is 2.69. The molecule has 0 saturated carbocycles. The molecule has 8 nitrogen and oxygen atoms in total. The Morgan fingerprint density at radius 1 is 1.20 bits per heavy atom. The number of likely N-dealkylation sites (N-methyl/N-ethyl adjacent to an activating group) is 1. The number of aryl methyl sites for hydroxylation is 1. The summed E-state index contributed by atoms with van der Waals surface area (Å²) in [4.78, 5) is 33.4. The first-order valence-electron chi connectivity index (χ1n) is 9.40. The van der Waals surface area contributed by atoms with Crippen LogP contribution in [-0.4, -0.2) is 42.3 Å². The summed E-state index contributed by atoms with van der Waals surface area (Å²) in [5, 5.41) is 6.39. The van der Waals surface area contributed by atoms with Crippen molar-refractivity contribution in [2.24, 2.45) is 5.16 Å². The van der Waals surface area contributed by atoms with Crippen molar-refractivity contribution in [3.63, 3.8) is 0 Å². The van der Waals surface area contributed by atoms with Crippen LogP contribution in [0.3, 0.4) is 0 Å². The summed E-state index contributed by atoms with van der Waals surface area (Å²) < 4.78 is 11.2. The van der Waals surface area contributed by atoms with Crippen LogP contribution in [0.5, 0.6) is 5.88 Å². The maximum absolute atomic E-state index is 12.2. The van der Waals surface area contributed by atoms with Gasteiger partial charge in [-0.1, -0.05) is 29.4 Å². The molecular weight excluding hydrogens is 386 g/mol. The van der Waals surface area contributed by atoms with Gasteiger partial charge in [-0.05, 0) is 39.3 Å². The molecule has 0 aliphatic rings. The molecule has 1 N–H and O–H groups in total. The first-order chi connectivity index (χ1) is 14.2. The largest absolute Gasteiger partial charge is 0.473 e. The third-order valence-electron chi connectivity index (χ3n) is 3.93. The molecule has 0 aliphatic carbocycles. The van der Waals surface area contributed by atoms with Crippen molar-refractivity contribution in [1.82, 2.24) is 10.3 Å². The van der Waals surface area contributed by atoms with E-state index >= 15 is 0 Å². The van der Waals surface area contributed by atoms with Crippen LogP contribution in [0, 0.1) is 6.92 Å². The summed E-state index contributed by atoms with van der Waals surface area (Å²) in [6.07, 6.45) is 1.42. The number of rotatable bonds is 7. The van der Waals surface area contributed by atoms with Crippen LogP contribution >= 0.6 is 0 Å². The quantitative estimate of drug-likeness (QED) is 0.426. The molecule has 160 valence electrons. The van der Waals surface area contributed by atoms with Gasteiger partial charge in [0, 0.05) is 24.4 Å². The lowest BCUT2D eigenvalue weighted by atomic mass is 10.0. The molecule has 0 radical (unpaired) electrons. The molecule has 0 spiro atoms. The Balaban J connectivity index is 2.21. The molecule has 8 heteroatoms. The zero-order chi connectivity index (χ0) is 22.3. The van der Waals surface area contributed by atoms with Crippen LogP contribution in [0.15, 0.2) is 41.7 Å². The molecule has 1 aromatic carbocycles. The molecule has 1 aromatic heterocycles. The van der Waals surface area contributed by atoms with Gasteiger partial charge in [-0.15, -0.1) is 0 Å². The SMILES string of the molecule is CNC(=O)C(=NOC)c1ccccc1COc1ncc(C(=O)OC(C)(C)C)cc1C. The van der Waals surface area contributed by atoms with Crippen molar-refractivity contribution >= 4 is 17.6 Å². The van der Waals surface area contributed by atoms with Gasteiger partial charge in [-0.2, -0.15) is 0 Å². The second-order valence-corrected chi connectivity index (χ2v) is 7.50. The van der Waals surface area contributed by atoms with E-state index in [1.807, 2.05) is 12.1 Å². The standard InChI is InChI=1S/C22H27N3O5/c1-14-11-16(21(27)30-22(2,3)4)12-24-20(14)29-13-15-9-7-8-10-17(15)18(25-28-6)19(26)23-5/h7-12H,13H2,1-6H3,(H,23,26). The molecule has 0 unspecified atom stereocenters. The Morgan fingerprint density at radius 2 is 1.90 bits per heavy atom. The van der Waals surface area contributed by atoms with E-state index in [0.717, 1.165) is 5.56 Å². The zero-order valence-electron chi connectivity index (χ0n) is 18.1. The minimum atomic E-state index is -0.587. The lowest BCUT2D eigenvalue weighted by molar-refractivity contribution is -0.114. The number of ether oxygens (including phenoxy) is 2. The van der Waals surface area contributed by atoms with Crippen LogP contribution < -0.4 is 10.1 Å². The Bertz CT molecular complexity index is 948. The smallest absolute Gasteiger partial charge is 0.340 e. The Labute approximate surface area is 176 Å². The predicted octanol–water partition coefficient (Wildman–Crippen LogP) is 3.02. The number of esters is 1. The van der Waals surface area contributed by atoms with Gasteiger partial charge in [0.25, 0.3) is 5.91 Å². The zero-order valence-corrected chi connectivity index (χ0v) is 18.1. The summed E-state index contributed by atoms with van der Waals surface area (Å²) >= 11 is 0. The van der Waals surface area contributed by atoms with Gasteiger partial charge >= 0.3 is 5.97 Å². The van der Waals surface area contributed by atoms with Gasteiger partial charge < -0.3 is 19.6 Å². The van der Waals surface area contributed by atoms with E-state index in [9.17, 15) is 9.59 Å². The molecule has 1 heterocycles. The van der Waals surface area contributed by atoms with Crippen LogP contribution in [0.2, 0.25) is 0 Å². The average molecular weight is 413 g/mol. The van der Waals surface area contributed by atoms with Crippen molar-refractivity contribution in [2.45, 2.75) is 39.9 Å². The van der Waals surface area contributed by atoms with Crippen molar-refractivity contribution in [1.29, 1.82) is 0 Å².